The van der Waals surface area contributed by atoms with Gasteiger partial charge in [0, 0.05) is 6.04 Å². The summed E-state index contributed by atoms with van der Waals surface area (Å²) in [6, 6.07) is 16.8. The second kappa shape index (κ2) is 9.32. The van der Waals surface area contributed by atoms with E-state index in [9.17, 15) is 13.2 Å². The molecule has 2 aromatic carbocycles. The third-order valence-corrected chi connectivity index (χ3v) is 6.50. The lowest BCUT2D eigenvalue weighted by molar-refractivity contribution is -0.123. The molecule has 2 aromatic rings. The highest BCUT2D eigenvalue weighted by molar-refractivity contribution is 7.89. The van der Waals surface area contributed by atoms with E-state index >= 15 is 0 Å². The van der Waals surface area contributed by atoms with Gasteiger partial charge in [-0.25, -0.2) is 8.42 Å². The number of amides is 1. The Morgan fingerprint density at radius 3 is 2.21 bits per heavy atom. The topological polar surface area (TPSA) is 78.5 Å². The molecule has 1 fully saturated rings. The number of hydrogen-bond acceptors (Lipinski definition) is 4. The van der Waals surface area contributed by atoms with Gasteiger partial charge in [-0.15, -0.1) is 0 Å². The van der Waals surface area contributed by atoms with Gasteiger partial charge in [-0.3, -0.25) is 4.79 Å². The van der Waals surface area contributed by atoms with Crippen molar-refractivity contribution in [2.24, 2.45) is 0 Å². The van der Waals surface area contributed by atoms with Gasteiger partial charge in [0.05, 0.1) is 4.90 Å². The van der Waals surface area contributed by atoms with Gasteiger partial charge in [-0.1, -0.05) is 48.5 Å². The number of nitrogens with one attached hydrogen (secondary N) is 2. The number of rotatable bonds is 7. The molecule has 0 bridgehead atoms. The molecule has 0 aromatic heterocycles. The summed E-state index contributed by atoms with van der Waals surface area (Å²) >= 11 is 0. The van der Waals surface area contributed by atoms with Crippen LogP contribution in [0.25, 0.3) is 0 Å². The summed E-state index contributed by atoms with van der Waals surface area (Å²) in [6.45, 7) is 1.84. The quantitative estimate of drug-likeness (QED) is 0.741. The zero-order valence-electron chi connectivity index (χ0n) is 16.0. The van der Waals surface area contributed by atoms with Crippen LogP contribution in [0.3, 0.4) is 0 Å². The Morgan fingerprint density at radius 1 is 1.04 bits per heavy atom. The van der Waals surface area contributed by atoms with Crippen molar-refractivity contribution in [1.29, 1.82) is 0 Å². The predicted octanol–water partition coefficient (Wildman–Crippen LogP) is 1.79. The fourth-order valence-electron chi connectivity index (χ4n) is 3.35. The number of likely N-dealkylation sites (tertiary alicyclic amines) is 1. The molecule has 0 radical (unpaired) electrons. The van der Waals surface area contributed by atoms with Crippen molar-refractivity contribution in [1.82, 2.24) is 14.9 Å². The van der Waals surface area contributed by atoms with Gasteiger partial charge in [0.1, 0.15) is 6.04 Å². The van der Waals surface area contributed by atoms with E-state index < -0.39 is 16.1 Å². The molecule has 1 aliphatic heterocycles. The first kappa shape index (κ1) is 20.5. The lowest BCUT2D eigenvalue weighted by Gasteiger charge is -2.30. The summed E-state index contributed by atoms with van der Waals surface area (Å²) < 4.78 is 28.2. The van der Waals surface area contributed by atoms with Crippen molar-refractivity contribution in [3.05, 3.63) is 66.2 Å². The zero-order valence-corrected chi connectivity index (χ0v) is 16.9. The van der Waals surface area contributed by atoms with E-state index in [1.54, 1.807) is 18.2 Å². The third kappa shape index (κ3) is 5.64. The molecule has 1 saturated heterocycles. The lowest BCUT2D eigenvalue weighted by Crippen LogP contribution is -2.52. The number of nitrogens with zero attached hydrogens (tertiary/aromatic N) is 1. The molecular weight excluding hydrogens is 374 g/mol. The van der Waals surface area contributed by atoms with Crippen LogP contribution in [0.2, 0.25) is 0 Å². The fraction of sp³-hybridized carbons (Fsp3) is 0.381. The number of sulfonamides is 1. The summed E-state index contributed by atoms with van der Waals surface area (Å²) in [6.07, 6.45) is 2.03. The van der Waals surface area contributed by atoms with Crippen LogP contribution < -0.4 is 10.0 Å². The van der Waals surface area contributed by atoms with E-state index in [1.807, 2.05) is 30.3 Å². The van der Waals surface area contributed by atoms with Crippen LogP contribution in [-0.4, -0.2) is 51.4 Å². The van der Waals surface area contributed by atoms with Crippen LogP contribution in [-0.2, 0) is 21.2 Å². The minimum atomic E-state index is -3.79. The van der Waals surface area contributed by atoms with Crippen molar-refractivity contribution >= 4 is 15.9 Å². The largest absolute Gasteiger partial charge is 0.352 e. The van der Waals surface area contributed by atoms with E-state index in [0.717, 1.165) is 31.5 Å². The van der Waals surface area contributed by atoms with Crippen molar-refractivity contribution in [2.45, 2.75) is 36.2 Å². The molecule has 7 heteroatoms. The zero-order chi connectivity index (χ0) is 20.0. The monoisotopic (exact) mass is 401 g/mol. The van der Waals surface area contributed by atoms with E-state index in [0.29, 0.717) is 6.42 Å². The minimum absolute atomic E-state index is 0.0724. The average Bonchev–Trinajstić information content (AvgIpc) is 2.70. The van der Waals surface area contributed by atoms with Gasteiger partial charge in [0.15, 0.2) is 0 Å². The molecule has 6 nitrogen and oxygen atoms in total. The molecule has 0 spiro atoms. The molecule has 1 aliphatic rings. The number of carbonyl (C=O) groups excluding carboxylic acids is 1. The van der Waals surface area contributed by atoms with Gasteiger partial charge in [-0.05, 0) is 57.1 Å². The first-order chi connectivity index (χ1) is 13.4. The van der Waals surface area contributed by atoms with Crippen LogP contribution in [0.5, 0.6) is 0 Å². The van der Waals surface area contributed by atoms with Crippen molar-refractivity contribution in [3.8, 4) is 0 Å². The summed E-state index contributed by atoms with van der Waals surface area (Å²) in [4.78, 5) is 15.3. The molecule has 1 amide bonds. The maximum absolute atomic E-state index is 13.0. The highest BCUT2D eigenvalue weighted by Gasteiger charge is 2.28. The summed E-state index contributed by atoms with van der Waals surface area (Å²) in [5.41, 5.74) is 0.904. The predicted molar refractivity (Wildman–Crippen MR) is 109 cm³/mol. The van der Waals surface area contributed by atoms with Gasteiger partial charge < -0.3 is 10.2 Å². The Balaban J connectivity index is 1.75. The van der Waals surface area contributed by atoms with Crippen molar-refractivity contribution < 1.29 is 13.2 Å². The normalized spacial score (nSPS) is 17.2. The molecule has 28 heavy (non-hydrogen) atoms. The maximum Gasteiger partial charge on any atom is 0.241 e. The lowest BCUT2D eigenvalue weighted by atomic mass is 10.0. The number of hydrogen-bond donors (Lipinski definition) is 2. The summed E-state index contributed by atoms with van der Waals surface area (Å²) in [5, 5.41) is 3.04. The Bertz CT molecular complexity index is 864. The number of carbonyl (C=O) groups is 1. The molecule has 1 heterocycles. The Labute approximate surface area is 167 Å². The van der Waals surface area contributed by atoms with Crippen LogP contribution in [0, 0.1) is 0 Å². The van der Waals surface area contributed by atoms with Gasteiger partial charge in [-0.2, -0.15) is 4.72 Å². The van der Waals surface area contributed by atoms with E-state index in [2.05, 4.69) is 22.0 Å². The Hall–Kier alpha value is -2.22. The van der Waals surface area contributed by atoms with Gasteiger partial charge in [0.25, 0.3) is 0 Å². The molecular formula is C21H27N3O3S. The molecule has 2 N–H and O–H groups in total. The van der Waals surface area contributed by atoms with Crippen molar-refractivity contribution in [3.63, 3.8) is 0 Å². The van der Waals surface area contributed by atoms with E-state index in [-0.39, 0.29) is 16.8 Å². The van der Waals surface area contributed by atoms with E-state index in [1.165, 1.54) is 12.1 Å². The van der Waals surface area contributed by atoms with Crippen LogP contribution >= 0.6 is 0 Å². The summed E-state index contributed by atoms with van der Waals surface area (Å²) in [5.74, 6) is -0.280. The second-order valence-electron chi connectivity index (χ2n) is 7.26. The number of benzene rings is 2. The third-order valence-electron chi connectivity index (χ3n) is 5.02. The standard InChI is InChI=1S/C21H27N3O3S/c1-24-14-12-18(13-15-24)22-21(25)20(16-17-8-4-2-5-9-17)23-28(26,27)19-10-6-3-7-11-19/h2-11,18,20,23H,12-16H2,1H3,(H,22,25)/t20-/m1/s1. The number of piperidine rings is 1. The fourth-order valence-corrected chi connectivity index (χ4v) is 4.56. The van der Waals surface area contributed by atoms with Crippen LogP contribution in [0.15, 0.2) is 65.6 Å². The molecule has 150 valence electrons. The molecule has 3 rings (SSSR count). The minimum Gasteiger partial charge on any atom is -0.352 e. The maximum atomic E-state index is 13.0. The smallest absolute Gasteiger partial charge is 0.241 e. The highest BCUT2D eigenvalue weighted by Crippen LogP contribution is 2.13. The Kier molecular flexibility index (Phi) is 6.83. The van der Waals surface area contributed by atoms with Crippen molar-refractivity contribution in [2.75, 3.05) is 20.1 Å². The van der Waals surface area contributed by atoms with Crippen LogP contribution in [0.1, 0.15) is 18.4 Å². The Morgan fingerprint density at radius 2 is 1.61 bits per heavy atom. The second-order valence-corrected chi connectivity index (χ2v) is 8.98. The van der Waals surface area contributed by atoms with Crippen LogP contribution in [0.4, 0.5) is 0 Å². The molecule has 0 unspecified atom stereocenters. The molecule has 1 atom stereocenters. The SMILES string of the molecule is CN1CCC(NC(=O)[C@@H](Cc2ccccc2)NS(=O)(=O)c2ccccc2)CC1. The van der Waals surface area contributed by atoms with Gasteiger partial charge in [0.2, 0.25) is 15.9 Å². The molecule has 0 saturated carbocycles. The first-order valence-corrected chi connectivity index (χ1v) is 11.0. The van der Waals surface area contributed by atoms with Gasteiger partial charge >= 0.3 is 0 Å². The first-order valence-electron chi connectivity index (χ1n) is 9.54. The highest BCUT2D eigenvalue weighted by atomic mass is 32.2. The van der Waals surface area contributed by atoms with E-state index in [4.69, 9.17) is 0 Å². The summed E-state index contributed by atoms with van der Waals surface area (Å²) in [7, 11) is -1.73. The molecule has 0 aliphatic carbocycles. The average molecular weight is 402 g/mol.